The lowest BCUT2D eigenvalue weighted by atomic mass is 9.93. The number of likely N-dealkylation sites (tertiary alicyclic amines) is 2. The van der Waals surface area contributed by atoms with Crippen molar-refractivity contribution in [2.75, 3.05) is 26.2 Å². The van der Waals surface area contributed by atoms with Crippen molar-refractivity contribution in [1.29, 1.82) is 0 Å². The van der Waals surface area contributed by atoms with E-state index in [0.29, 0.717) is 12.6 Å². The van der Waals surface area contributed by atoms with Crippen LogP contribution in [0.3, 0.4) is 0 Å². The van der Waals surface area contributed by atoms with Crippen molar-refractivity contribution < 1.29 is 4.79 Å². The van der Waals surface area contributed by atoms with Crippen molar-refractivity contribution in [2.24, 2.45) is 5.92 Å². The molecular formula is C24H32N4O. The Morgan fingerprint density at radius 2 is 1.72 bits per heavy atom. The molecule has 2 saturated heterocycles. The van der Waals surface area contributed by atoms with Gasteiger partial charge in [-0.05, 0) is 68.6 Å². The molecule has 0 saturated carbocycles. The molecule has 0 radical (unpaired) electrons. The average molecular weight is 393 g/mol. The standard InChI is InChI=1S/C24H32N4O/c29-24(26-17-20-5-2-1-3-6-20)22-7-4-14-28(19-22)23-10-15-27(16-11-23)18-21-8-12-25-13-9-21/h1-3,5-6,8-9,12-13,22-23H,4,7,10-11,14-19H2,(H,26,29)/t22-/m1/s1. The zero-order chi connectivity index (χ0) is 19.9. The number of piperidine rings is 2. The fourth-order valence-electron chi connectivity index (χ4n) is 4.67. The molecule has 1 atom stereocenters. The molecule has 1 N–H and O–H groups in total. The smallest absolute Gasteiger partial charge is 0.224 e. The Kier molecular flexibility index (Phi) is 6.91. The second-order valence-electron chi connectivity index (χ2n) is 8.40. The molecular weight excluding hydrogens is 360 g/mol. The molecule has 0 aliphatic carbocycles. The van der Waals surface area contributed by atoms with E-state index in [9.17, 15) is 4.79 Å². The monoisotopic (exact) mass is 392 g/mol. The fraction of sp³-hybridized carbons (Fsp3) is 0.500. The molecule has 2 fully saturated rings. The Morgan fingerprint density at radius 3 is 2.48 bits per heavy atom. The first-order valence-corrected chi connectivity index (χ1v) is 10.9. The van der Waals surface area contributed by atoms with Crippen molar-refractivity contribution >= 4 is 5.91 Å². The minimum Gasteiger partial charge on any atom is -0.352 e. The normalized spacial score (nSPS) is 21.7. The summed E-state index contributed by atoms with van der Waals surface area (Å²) in [6.07, 6.45) is 8.28. The minimum atomic E-state index is 0.127. The molecule has 1 aromatic carbocycles. The summed E-state index contributed by atoms with van der Waals surface area (Å²) >= 11 is 0. The zero-order valence-electron chi connectivity index (χ0n) is 17.2. The van der Waals surface area contributed by atoms with E-state index < -0.39 is 0 Å². The lowest BCUT2D eigenvalue weighted by Crippen LogP contribution is -2.50. The van der Waals surface area contributed by atoms with Gasteiger partial charge in [-0.3, -0.25) is 19.6 Å². The quantitative estimate of drug-likeness (QED) is 0.821. The summed E-state index contributed by atoms with van der Waals surface area (Å²) in [5.41, 5.74) is 2.50. The maximum atomic E-state index is 12.7. The first kappa shape index (κ1) is 20.0. The van der Waals surface area contributed by atoms with Crippen LogP contribution in [0.15, 0.2) is 54.9 Å². The van der Waals surface area contributed by atoms with Gasteiger partial charge in [0.25, 0.3) is 0 Å². The maximum absolute atomic E-state index is 12.7. The fourth-order valence-corrected chi connectivity index (χ4v) is 4.67. The van der Waals surface area contributed by atoms with Gasteiger partial charge in [-0.2, -0.15) is 0 Å². The third-order valence-corrected chi connectivity index (χ3v) is 6.36. The van der Waals surface area contributed by atoms with Crippen LogP contribution >= 0.6 is 0 Å². The zero-order valence-corrected chi connectivity index (χ0v) is 17.2. The van der Waals surface area contributed by atoms with Gasteiger partial charge in [-0.25, -0.2) is 0 Å². The molecule has 2 aliphatic heterocycles. The Balaban J connectivity index is 1.23. The number of benzene rings is 1. The van der Waals surface area contributed by atoms with Crippen molar-refractivity contribution in [1.82, 2.24) is 20.1 Å². The summed E-state index contributed by atoms with van der Waals surface area (Å²) in [7, 11) is 0. The van der Waals surface area contributed by atoms with Gasteiger partial charge in [-0.15, -0.1) is 0 Å². The highest BCUT2D eigenvalue weighted by molar-refractivity contribution is 5.79. The molecule has 154 valence electrons. The lowest BCUT2D eigenvalue weighted by Gasteiger charge is -2.42. The summed E-state index contributed by atoms with van der Waals surface area (Å²) in [6, 6.07) is 15.0. The van der Waals surface area contributed by atoms with E-state index in [0.717, 1.165) is 51.1 Å². The third kappa shape index (κ3) is 5.64. The van der Waals surface area contributed by atoms with Crippen molar-refractivity contribution in [3.8, 4) is 0 Å². The first-order chi connectivity index (χ1) is 14.3. The van der Waals surface area contributed by atoms with E-state index >= 15 is 0 Å². The highest BCUT2D eigenvalue weighted by atomic mass is 16.1. The van der Waals surface area contributed by atoms with Gasteiger partial charge in [-0.1, -0.05) is 30.3 Å². The summed E-state index contributed by atoms with van der Waals surface area (Å²) < 4.78 is 0. The van der Waals surface area contributed by atoms with E-state index in [4.69, 9.17) is 0 Å². The number of hydrogen-bond donors (Lipinski definition) is 1. The lowest BCUT2D eigenvalue weighted by molar-refractivity contribution is -0.127. The molecule has 2 aliphatic rings. The largest absolute Gasteiger partial charge is 0.352 e. The highest BCUT2D eigenvalue weighted by Gasteiger charge is 2.31. The predicted octanol–water partition coefficient (Wildman–Crippen LogP) is 3.07. The average Bonchev–Trinajstić information content (AvgIpc) is 2.79. The molecule has 29 heavy (non-hydrogen) atoms. The SMILES string of the molecule is O=C(NCc1ccccc1)[C@@H]1CCCN(C2CCN(Cc3ccncc3)CC2)C1. The van der Waals surface area contributed by atoms with Crippen molar-refractivity contribution in [3.63, 3.8) is 0 Å². The summed E-state index contributed by atoms with van der Waals surface area (Å²) in [5.74, 6) is 0.344. The number of carbonyl (C=O) groups is 1. The van der Waals surface area contributed by atoms with Crippen LogP contribution in [0.1, 0.15) is 36.8 Å². The van der Waals surface area contributed by atoms with E-state index in [1.54, 1.807) is 0 Å². The number of pyridine rings is 1. The van der Waals surface area contributed by atoms with Crippen LogP contribution in [0, 0.1) is 5.92 Å². The van der Waals surface area contributed by atoms with Gasteiger partial charge in [0, 0.05) is 38.1 Å². The molecule has 1 amide bonds. The number of rotatable bonds is 6. The number of nitrogens with one attached hydrogen (secondary N) is 1. The van der Waals surface area contributed by atoms with Gasteiger partial charge >= 0.3 is 0 Å². The molecule has 4 rings (SSSR count). The molecule has 5 heteroatoms. The van der Waals surface area contributed by atoms with Crippen LogP contribution < -0.4 is 5.32 Å². The number of carbonyl (C=O) groups excluding carboxylic acids is 1. The predicted molar refractivity (Wildman–Crippen MR) is 115 cm³/mol. The third-order valence-electron chi connectivity index (χ3n) is 6.36. The maximum Gasteiger partial charge on any atom is 0.224 e. The molecule has 0 spiro atoms. The van der Waals surface area contributed by atoms with Crippen LogP contribution in [-0.4, -0.2) is 52.9 Å². The number of amides is 1. The van der Waals surface area contributed by atoms with Gasteiger partial charge in [0.2, 0.25) is 5.91 Å². The van der Waals surface area contributed by atoms with Crippen LogP contribution in [0.5, 0.6) is 0 Å². The van der Waals surface area contributed by atoms with Crippen molar-refractivity contribution in [3.05, 3.63) is 66.0 Å². The summed E-state index contributed by atoms with van der Waals surface area (Å²) in [5, 5.41) is 3.15. The van der Waals surface area contributed by atoms with Crippen LogP contribution in [0.2, 0.25) is 0 Å². The van der Waals surface area contributed by atoms with E-state index in [-0.39, 0.29) is 11.8 Å². The summed E-state index contributed by atoms with van der Waals surface area (Å²) in [4.78, 5) is 21.9. The Hall–Kier alpha value is -2.24. The molecule has 0 unspecified atom stereocenters. The Labute approximate surface area is 174 Å². The van der Waals surface area contributed by atoms with E-state index in [2.05, 4.69) is 44.4 Å². The van der Waals surface area contributed by atoms with Gasteiger partial charge in [0.1, 0.15) is 0 Å². The summed E-state index contributed by atoms with van der Waals surface area (Å²) in [6.45, 7) is 5.96. The first-order valence-electron chi connectivity index (χ1n) is 10.9. The van der Waals surface area contributed by atoms with Gasteiger partial charge in [0.15, 0.2) is 0 Å². The molecule has 0 bridgehead atoms. The van der Waals surface area contributed by atoms with Crippen molar-refractivity contribution in [2.45, 2.75) is 44.8 Å². The second-order valence-corrected chi connectivity index (χ2v) is 8.40. The molecule has 3 heterocycles. The highest BCUT2D eigenvalue weighted by Crippen LogP contribution is 2.24. The van der Waals surface area contributed by atoms with Gasteiger partial charge < -0.3 is 5.32 Å². The number of aromatic nitrogens is 1. The number of hydrogen-bond acceptors (Lipinski definition) is 4. The van der Waals surface area contributed by atoms with E-state index in [1.165, 1.54) is 18.4 Å². The Morgan fingerprint density at radius 1 is 0.966 bits per heavy atom. The molecule has 1 aromatic heterocycles. The Bertz CT molecular complexity index is 759. The second kappa shape index (κ2) is 9.99. The van der Waals surface area contributed by atoms with Crippen LogP contribution in [0.25, 0.3) is 0 Å². The van der Waals surface area contributed by atoms with Gasteiger partial charge in [0.05, 0.1) is 5.92 Å². The van der Waals surface area contributed by atoms with Crippen LogP contribution in [0.4, 0.5) is 0 Å². The minimum absolute atomic E-state index is 0.127. The van der Waals surface area contributed by atoms with E-state index in [1.807, 2.05) is 30.6 Å². The topological polar surface area (TPSA) is 48.5 Å². The van der Waals surface area contributed by atoms with Crippen LogP contribution in [-0.2, 0) is 17.9 Å². The molecule has 5 nitrogen and oxygen atoms in total. The molecule has 2 aromatic rings. The number of nitrogens with zero attached hydrogens (tertiary/aromatic N) is 3.